The van der Waals surface area contributed by atoms with E-state index in [9.17, 15) is 9.59 Å². The van der Waals surface area contributed by atoms with E-state index >= 15 is 0 Å². The molecule has 2 aliphatic rings. The minimum atomic E-state index is -0.602. The fourth-order valence-electron chi connectivity index (χ4n) is 2.49. The normalized spacial score (nSPS) is 20.1. The highest BCUT2D eigenvalue weighted by Crippen LogP contribution is 2.25. The third-order valence-corrected chi connectivity index (χ3v) is 3.39. The molecule has 1 saturated carbocycles. The lowest BCUT2D eigenvalue weighted by atomic mass is 9.94. The number of urea groups is 1. The van der Waals surface area contributed by atoms with E-state index in [2.05, 4.69) is 16.6 Å². The third-order valence-electron chi connectivity index (χ3n) is 3.39. The van der Waals surface area contributed by atoms with Crippen LogP contribution < -0.4 is 22.5 Å². The average Bonchev–Trinajstić information content (AvgIpc) is 2.86. The third kappa shape index (κ3) is 4.50. The number of rotatable bonds is 1. The molecule has 1 aliphatic carbocycles. The Hall–Kier alpha value is -1.34. The number of hydrogen-bond acceptors (Lipinski definition) is 4. The largest absolute Gasteiger partial charge is 0.343 e. The van der Waals surface area contributed by atoms with Gasteiger partial charge in [-0.05, 0) is 19.3 Å². The molecular weight excluding hydrogens is 234 g/mol. The SMILES string of the molecule is NNC(=O)NN.O=C1CCCN1C1CCCCC1. The van der Waals surface area contributed by atoms with Gasteiger partial charge in [0.25, 0.3) is 0 Å². The van der Waals surface area contributed by atoms with E-state index in [4.69, 9.17) is 0 Å². The zero-order valence-corrected chi connectivity index (χ0v) is 10.7. The summed E-state index contributed by atoms with van der Waals surface area (Å²) in [6.07, 6.45) is 8.44. The van der Waals surface area contributed by atoms with Gasteiger partial charge < -0.3 is 4.90 Å². The van der Waals surface area contributed by atoms with Gasteiger partial charge >= 0.3 is 6.03 Å². The first-order valence-corrected chi connectivity index (χ1v) is 6.45. The second kappa shape index (κ2) is 7.88. The van der Waals surface area contributed by atoms with E-state index in [-0.39, 0.29) is 0 Å². The number of hydrogen-bond donors (Lipinski definition) is 4. The van der Waals surface area contributed by atoms with Gasteiger partial charge in [-0.1, -0.05) is 19.3 Å². The average molecular weight is 257 g/mol. The van der Waals surface area contributed by atoms with E-state index in [1.807, 2.05) is 0 Å². The maximum absolute atomic E-state index is 11.4. The molecule has 7 heteroatoms. The van der Waals surface area contributed by atoms with Crippen LogP contribution in [0.4, 0.5) is 4.79 Å². The molecule has 0 aromatic heterocycles. The van der Waals surface area contributed by atoms with Crippen molar-refractivity contribution < 1.29 is 9.59 Å². The Balaban J connectivity index is 0.000000232. The number of amides is 3. The number of hydrazine groups is 2. The first-order chi connectivity index (χ1) is 8.69. The minimum Gasteiger partial charge on any atom is -0.340 e. The van der Waals surface area contributed by atoms with Crippen LogP contribution >= 0.6 is 0 Å². The quantitative estimate of drug-likeness (QED) is 0.300. The van der Waals surface area contributed by atoms with Crippen molar-refractivity contribution in [3.8, 4) is 0 Å². The van der Waals surface area contributed by atoms with Gasteiger partial charge in [0, 0.05) is 19.0 Å². The minimum absolute atomic E-state index is 0.405. The van der Waals surface area contributed by atoms with Crippen LogP contribution in [0.5, 0.6) is 0 Å². The van der Waals surface area contributed by atoms with Gasteiger partial charge in [-0.3, -0.25) is 15.6 Å². The zero-order chi connectivity index (χ0) is 13.4. The molecule has 104 valence electrons. The Morgan fingerprint density at radius 3 is 2.11 bits per heavy atom. The van der Waals surface area contributed by atoms with Crippen LogP contribution in [0.15, 0.2) is 0 Å². The summed E-state index contributed by atoms with van der Waals surface area (Å²) in [5, 5.41) is 0. The standard InChI is InChI=1S/C10H17NO.CH6N4O/c12-10-7-4-8-11(10)9-5-2-1-3-6-9;2-4-1(6)5-3/h9H,1-8H2;2-3H2,(H2,4,5,6). The topological polar surface area (TPSA) is 113 Å². The molecule has 1 saturated heterocycles. The maximum atomic E-state index is 11.4. The summed E-state index contributed by atoms with van der Waals surface area (Å²) >= 11 is 0. The van der Waals surface area contributed by atoms with Crippen molar-refractivity contribution in [3.05, 3.63) is 0 Å². The molecule has 18 heavy (non-hydrogen) atoms. The highest BCUT2D eigenvalue weighted by molar-refractivity contribution is 5.78. The highest BCUT2D eigenvalue weighted by atomic mass is 16.2. The van der Waals surface area contributed by atoms with Crippen molar-refractivity contribution in [2.24, 2.45) is 11.7 Å². The predicted molar refractivity (Wildman–Crippen MR) is 67.9 cm³/mol. The van der Waals surface area contributed by atoms with Crippen molar-refractivity contribution in [1.29, 1.82) is 0 Å². The lowest BCUT2D eigenvalue weighted by Gasteiger charge is -2.30. The molecule has 6 N–H and O–H groups in total. The van der Waals surface area contributed by atoms with Gasteiger partial charge in [0.2, 0.25) is 5.91 Å². The lowest BCUT2D eigenvalue weighted by molar-refractivity contribution is -0.130. The molecule has 0 bridgehead atoms. The summed E-state index contributed by atoms with van der Waals surface area (Å²) < 4.78 is 0. The number of carbonyl (C=O) groups is 2. The predicted octanol–water partition coefficient (Wildman–Crippen LogP) is -0.0255. The van der Waals surface area contributed by atoms with Crippen LogP contribution in [-0.2, 0) is 4.79 Å². The van der Waals surface area contributed by atoms with Gasteiger partial charge in [0.05, 0.1) is 0 Å². The summed E-state index contributed by atoms with van der Waals surface area (Å²) in [6.45, 7) is 1.03. The lowest BCUT2D eigenvalue weighted by Crippen LogP contribution is -2.43. The van der Waals surface area contributed by atoms with Crippen molar-refractivity contribution >= 4 is 11.9 Å². The van der Waals surface area contributed by atoms with Crippen molar-refractivity contribution in [3.63, 3.8) is 0 Å². The molecule has 0 radical (unpaired) electrons. The smallest absolute Gasteiger partial charge is 0.340 e. The summed E-state index contributed by atoms with van der Waals surface area (Å²) in [5.74, 6) is 9.49. The van der Waals surface area contributed by atoms with Crippen LogP contribution in [-0.4, -0.2) is 29.4 Å². The molecule has 1 heterocycles. The molecule has 0 spiro atoms. The number of likely N-dealkylation sites (tertiary alicyclic amines) is 1. The highest BCUT2D eigenvalue weighted by Gasteiger charge is 2.28. The first kappa shape index (κ1) is 14.7. The van der Waals surface area contributed by atoms with Gasteiger partial charge in [-0.15, -0.1) is 0 Å². The maximum Gasteiger partial charge on any atom is 0.343 e. The molecule has 7 nitrogen and oxygen atoms in total. The Labute approximate surface area is 107 Å². The van der Waals surface area contributed by atoms with Crippen LogP contribution in [0, 0.1) is 0 Å². The second-order valence-electron chi connectivity index (χ2n) is 4.60. The molecule has 0 unspecified atom stereocenters. The molecule has 0 aromatic rings. The number of nitrogens with one attached hydrogen (secondary N) is 2. The summed E-state index contributed by atoms with van der Waals surface area (Å²) in [5.41, 5.74) is 3.48. The fourth-order valence-corrected chi connectivity index (χ4v) is 2.49. The van der Waals surface area contributed by atoms with Crippen LogP contribution in [0.1, 0.15) is 44.9 Å². The molecule has 0 aromatic carbocycles. The Morgan fingerprint density at radius 1 is 1.11 bits per heavy atom. The van der Waals surface area contributed by atoms with Crippen LogP contribution in [0.3, 0.4) is 0 Å². The first-order valence-electron chi connectivity index (χ1n) is 6.45. The monoisotopic (exact) mass is 257 g/mol. The molecule has 0 atom stereocenters. The van der Waals surface area contributed by atoms with Gasteiger partial charge in [-0.2, -0.15) is 0 Å². The Morgan fingerprint density at radius 2 is 1.72 bits per heavy atom. The second-order valence-corrected chi connectivity index (χ2v) is 4.60. The molecule has 2 rings (SSSR count). The van der Waals surface area contributed by atoms with E-state index in [1.54, 1.807) is 10.9 Å². The molecular formula is C11H23N5O2. The molecule has 2 fully saturated rings. The summed E-state index contributed by atoms with van der Waals surface area (Å²) in [7, 11) is 0. The van der Waals surface area contributed by atoms with E-state index in [0.29, 0.717) is 11.9 Å². The molecule has 3 amide bonds. The van der Waals surface area contributed by atoms with Crippen molar-refractivity contribution in [1.82, 2.24) is 15.8 Å². The van der Waals surface area contributed by atoms with E-state index in [1.165, 1.54) is 32.1 Å². The van der Waals surface area contributed by atoms with Gasteiger partial charge in [-0.25, -0.2) is 16.5 Å². The van der Waals surface area contributed by atoms with Crippen LogP contribution in [0.25, 0.3) is 0 Å². The van der Waals surface area contributed by atoms with Crippen molar-refractivity contribution in [2.75, 3.05) is 6.54 Å². The van der Waals surface area contributed by atoms with Gasteiger partial charge in [0.1, 0.15) is 0 Å². The van der Waals surface area contributed by atoms with E-state index in [0.717, 1.165) is 19.4 Å². The summed E-state index contributed by atoms with van der Waals surface area (Å²) in [6, 6.07) is 0.00347. The Kier molecular flexibility index (Phi) is 6.45. The zero-order valence-electron chi connectivity index (χ0n) is 10.7. The number of nitrogens with zero attached hydrogens (tertiary/aromatic N) is 1. The van der Waals surface area contributed by atoms with E-state index < -0.39 is 6.03 Å². The van der Waals surface area contributed by atoms with Crippen molar-refractivity contribution in [2.45, 2.75) is 51.0 Å². The number of nitrogens with two attached hydrogens (primary N) is 2. The van der Waals surface area contributed by atoms with Crippen LogP contribution in [0.2, 0.25) is 0 Å². The number of carbonyl (C=O) groups excluding carboxylic acids is 2. The Bertz CT molecular complexity index is 273. The molecule has 1 aliphatic heterocycles. The summed E-state index contributed by atoms with van der Waals surface area (Å²) in [4.78, 5) is 23.2. The fraction of sp³-hybridized carbons (Fsp3) is 0.818. The van der Waals surface area contributed by atoms with Gasteiger partial charge in [0.15, 0.2) is 0 Å².